The lowest BCUT2D eigenvalue weighted by atomic mass is 10.2. The number of ether oxygens (including phenoxy) is 2. The van der Waals surface area contributed by atoms with E-state index in [-0.39, 0.29) is 18.6 Å². The molecule has 2 aromatic carbocycles. The maximum absolute atomic E-state index is 11.9. The predicted octanol–water partition coefficient (Wildman–Crippen LogP) is 3.56. The number of para-hydroxylation sites is 1. The van der Waals surface area contributed by atoms with Crippen molar-refractivity contribution in [2.75, 3.05) is 13.2 Å². The van der Waals surface area contributed by atoms with E-state index in [1.807, 2.05) is 62.4 Å². The first-order chi connectivity index (χ1) is 11.0. The van der Waals surface area contributed by atoms with Crippen molar-refractivity contribution in [1.29, 1.82) is 0 Å². The van der Waals surface area contributed by atoms with Gasteiger partial charge in [-0.3, -0.25) is 4.79 Å². The highest BCUT2D eigenvalue weighted by Crippen LogP contribution is 2.16. The van der Waals surface area contributed by atoms with Gasteiger partial charge >= 0.3 is 0 Å². The van der Waals surface area contributed by atoms with E-state index in [9.17, 15) is 4.79 Å². The molecule has 4 nitrogen and oxygen atoms in total. The molecule has 1 atom stereocenters. The molecule has 1 N–H and O–H groups in total. The van der Waals surface area contributed by atoms with Gasteiger partial charge in [0, 0.05) is 3.57 Å². The third kappa shape index (κ3) is 6.09. The number of rotatable bonds is 7. The summed E-state index contributed by atoms with van der Waals surface area (Å²) < 4.78 is 12.3. The molecule has 0 aliphatic heterocycles. The van der Waals surface area contributed by atoms with Crippen LogP contribution in [-0.2, 0) is 4.79 Å². The Bertz CT molecular complexity index is 643. The van der Waals surface area contributed by atoms with Crippen LogP contribution in [-0.4, -0.2) is 25.2 Å². The molecule has 0 spiro atoms. The van der Waals surface area contributed by atoms with Crippen LogP contribution in [0.3, 0.4) is 0 Å². The average Bonchev–Trinajstić information content (AvgIpc) is 2.53. The molecule has 1 amide bonds. The maximum atomic E-state index is 11.9. The number of hydrogen-bond donors (Lipinski definition) is 1. The number of amides is 1. The number of hydrogen-bond acceptors (Lipinski definition) is 3. The van der Waals surface area contributed by atoms with E-state index >= 15 is 0 Å². The summed E-state index contributed by atoms with van der Waals surface area (Å²) in [5.41, 5.74) is 1.08. The SMILES string of the molecule is Cc1ccccc1OC[C@@H](C)NC(=O)COc1ccc(I)cc1. The number of nitrogens with one attached hydrogen (secondary N) is 1. The fourth-order valence-electron chi connectivity index (χ4n) is 1.97. The molecule has 0 saturated heterocycles. The first kappa shape index (κ1) is 17.6. The summed E-state index contributed by atoms with van der Waals surface area (Å²) in [5.74, 6) is 1.36. The second kappa shape index (κ2) is 8.76. The van der Waals surface area contributed by atoms with Crippen LogP contribution in [0.15, 0.2) is 48.5 Å². The Kier molecular flexibility index (Phi) is 6.70. The summed E-state index contributed by atoms with van der Waals surface area (Å²) in [7, 11) is 0. The van der Waals surface area contributed by atoms with Gasteiger partial charge in [0.2, 0.25) is 0 Å². The Hall–Kier alpha value is -1.76. The summed E-state index contributed by atoms with van der Waals surface area (Å²) in [6.07, 6.45) is 0. The molecule has 0 bridgehead atoms. The molecule has 5 heteroatoms. The summed E-state index contributed by atoms with van der Waals surface area (Å²) in [6, 6.07) is 15.3. The largest absolute Gasteiger partial charge is 0.491 e. The molecule has 2 rings (SSSR count). The zero-order chi connectivity index (χ0) is 16.7. The van der Waals surface area contributed by atoms with Gasteiger partial charge in [-0.1, -0.05) is 18.2 Å². The molecule has 0 radical (unpaired) electrons. The Morgan fingerprint density at radius 2 is 1.83 bits per heavy atom. The lowest BCUT2D eigenvalue weighted by Crippen LogP contribution is -2.39. The summed E-state index contributed by atoms with van der Waals surface area (Å²) in [5, 5.41) is 2.86. The number of carbonyl (C=O) groups is 1. The molecule has 0 aromatic heterocycles. The minimum Gasteiger partial charge on any atom is -0.491 e. The smallest absolute Gasteiger partial charge is 0.258 e. The van der Waals surface area contributed by atoms with Crippen LogP contribution in [0, 0.1) is 10.5 Å². The van der Waals surface area contributed by atoms with E-state index in [0.717, 1.165) is 14.9 Å². The third-order valence-corrected chi connectivity index (χ3v) is 3.89. The molecule has 0 unspecified atom stereocenters. The van der Waals surface area contributed by atoms with Gasteiger partial charge in [-0.05, 0) is 72.3 Å². The van der Waals surface area contributed by atoms with Gasteiger partial charge in [0.15, 0.2) is 6.61 Å². The summed E-state index contributed by atoms with van der Waals surface area (Å²) in [6.45, 7) is 4.31. The Morgan fingerprint density at radius 1 is 1.13 bits per heavy atom. The van der Waals surface area contributed by atoms with Gasteiger partial charge in [0.05, 0.1) is 6.04 Å². The molecule has 23 heavy (non-hydrogen) atoms. The van der Waals surface area contributed by atoms with Crippen LogP contribution in [0.4, 0.5) is 0 Å². The molecule has 2 aromatic rings. The number of aryl methyl sites for hydroxylation is 1. The maximum Gasteiger partial charge on any atom is 0.258 e. The molecule has 0 aliphatic rings. The van der Waals surface area contributed by atoms with E-state index in [4.69, 9.17) is 9.47 Å². The molecule has 0 saturated carbocycles. The van der Waals surface area contributed by atoms with E-state index in [1.54, 1.807) is 0 Å². The van der Waals surface area contributed by atoms with Gasteiger partial charge in [0.1, 0.15) is 18.1 Å². The van der Waals surface area contributed by atoms with Crippen molar-refractivity contribution in [3.8, 4) is 11.5 Å². The number of halogens is 1. The normalized spacial score (nSPS) is 11.6. The first-order valence-corrected chi connectivity index (χ1v) is 8.48. The van der Waals surface area contributed by atoms with Gasteiger partial charge in [-0.25, -0.2) is 0 Å². The first-order valence-electron chi connectivity index (χ1n) is 7.41. The van der Waals surface area contributed by atoms with Gasteiger partial charge in [0.25, 0.3) is 5.91 Å². The van der Waals surface area contributed by atoms with Gasteiger partial charge in [-0.2, -0.15) is 0 Å². The summed E-state index contributed by atoms with van der Waals surface area (Å²) in [4.78, 5) is 11.9. The Labute approximate surface area is 150 Å². The molecule has 0 fully saturated rings. The molecular formula is C18H20INO3. The van der Waals surface area contributed by atoms with Gasteiger partial charge in [-0.15, -0.1) is 0 Å². The Balaban J connectivity index is 1.72. The van der Waals surface area contributed by atoms with E-state index in [0.29, 0.717) is 12.4 Å². The topological polar surface area (TPSA) is 47.6 Å². The second-order valence-corrected chi connectivity index (χ2v) is 6.53. The van der Waals surface area contributed by atoms with Crippen molar-refractivity contribution in [2.45, 2.75) is 19.9 Å². The highest BCUT2D eigenvalue weighted by molar-refractivity contribution is 14.1. The van der Waals surface area contributed by atoms with Crippen molar-refractivity contribution in [1.82, 2.24) is 5.32 Å². The highest BCUT2D eigenvalue weighted by atomic mass is 127. The van der Waals surface area contributed by atoms with Crippen molar-refractivity contribution < 1.29 is 14.3 Å². The molecular weight excluding hydrogens is 405 g/mol. The van der Waals surface area contributed by atoms with Crippen LogP contribution in [0.1, 0.15) is 12.5 Å². The van der Waals surface area contributed by atoms with Crippen molar-refractivity contribution in [2.24, 2.45) is 0 Å². The fraction of sp³-hybridized carbons (Fsp3) is 0.278. The quantitative estimate of drug-likeness (QED) is 0.691. The monoisotopic (exact) mass is 425 g/mol. The lowest BCUT2D eigenvalue weighted by Gasteiger charge is -2.16. The van der Waals surface area contributed by atoms with Crippen LogP contribution < -0.4 is 14.8 Å². The molecule has 0 heterocycles. The Morgan fingerprint density at radius 3 is 2.52 bits per heavy atom. The highest BCUT2D eigenvalue weighted by Gasteiger charge is 2.09. The molecule has 0 aliphatic carbocycles. The van der Waals surface area contributed by atoms with Crippen molar-refractivity contribution >= 4 is 28.5 Å². The lowest BCUT2D eigenvalue weighted by molar-refractivity contribution is -0.123. The summed E-state index contributed by atoms with van der Waals surface area (Å²) >= 11 is 2.22. The van der Waals surface area contributed by atoms with Crippen molar-refractivity contribution in [3.05, 3.63) is 57.7 Å². The zero-order valence-electron chi connectivity index (χ0n) is 13.2. The van der Waals surface area contributed by atoms with Crippen molar-refractivity contribution in [3.63, 3.8) is 0 Å². The third-order valence-electron chi connectivity index (χ3n) is 3.17. The second-order valence-electron chi connectivity index (χ2n) is 5.29. The average molecular weight is 425 g/mol. The minimum atomic E-state index is -0.163. The number of carbonyl (C=O) groups excluding carboxylic acids is 1. The van der Waals surface area contributed by atoms with Crippen LogP contribution >= 0.6 is 22.6 Å². The number of benzene rings is 2. The fourth-order valence-corrected chi connectivity index (χ4v) is 2.33. The van der Waals surface area contributed by atoms with E-state index in [1.165, 1.54) is 0 Å². The minimum absolute atomic E-state index is 0.00467. The van der Waals surface area contributed by atoms with Crippen LogP contribution in [0.25, 0.3) is 0 Å². The van der Waals surface area contributed by atoms with Crippen LogP contribution in [0.2, 0.25) is 0 Å². The van der Waals surface area contributed by atoms with E-state index < -0.39 is 0 Å². The standard InChI is InChI=1S/C18H20INO3/c1-13-5-3-4-6-17(13)23-11-14(2)20-18(21)12-22-16-9-7-15(19)8-10-16/h3-10,14H,11-12H2,1-2H3,(H,20,21)/t14-/m1/s1. The van der Waals surface area contributed by atoms with Crippen LogP contribution in [0.5, 0.6) is 11.5 Å². The van der Waals surface area contributed by atoms with E-state index in [2.05, 4.69) is 27.9 Å². The molecule has 122 valence electrons. The predicted molar refractivity (Wildman–Crippen MR) is 98.9 cm³/mol. The van der Waals surface area contributed by atoms with Gasteiger partial charge < -0.3 is 14.8 Å². The zero-order valence-corrected chi connectivity index (χ0v) is 15.4.